The van der Waals surface area contributed by atoms with Crippen LogP contribution in [0.1, 0.15) is 44.9 Å². The van der Waals surface area contributed by atoms with E-state index < -0.39 is 5.60 Å². The molecule has 2 saturated carbocycles. The highest BCUT2D eigenvalue weighted by Gasteiger charge is 2.43. The standard InChI is InChI=1S/C10H16O2/c11-9-5-4-8-3-1-2-6-10(8,12)7-9/h8,12H,1-7H2/t8-,10+/m0/s1. The van der Waals surface area contributed by atoms with Gasteiger partial charge in [-0.05, 0) is 25.2 Å². The van der Waals surface area contributed by atoms with Crippen molar-refractivity contribution in [3.05, 3.63) is 0 Å². The highest BCUT2D eigenvalue weighted by molar-refractivity contribution is 5.80. The molecule has 12 heavy (non-hydrogen) atoms. The van der Waals surface area contributed by atoms with Crippen LogP contribution in [0.5, 0.6) is 0 Å². The molecule has 0 saturated heterocycles. The fraction of sp³-hybridized carbons (Fsp3) is 0.900. The Kier molecular flexibility index (Phi) is 1.95. The number of hydrogen-bond acceptors (Lipinski definition) is 2. The van der Waals surface area contributed by atoms with Crippen LogP contribution in [-0.4, -0.2) is 16.5 Å². The number of hydrogen-bond donors (Lipinski definition) is 1. The summed E-state index contributed by atoms with van der Waals surface area (Å²) < 4.78 is 0. The lowest BCUT2D eigenvalue weighted by atomic mass is 9.67. The lowest BCUT2D eigenvalue weighted by Crippen LogP contribution is -2.45. The van der Waals surface area contributed by atoms with Gasteiger partial charge in [0.05, 0.1) is 5.60 Å². The Bertz CT molecular complexity index is 200. The highest BCUT2D eigenvalue weighted by atomic mass is 16.3. The quantitative estimate of drug-likeness (QED) is 0.597. The Morgan fingerprint density at radius 2 is 2.17 bits per heavy atom. The van der Waals surface area contributed by atoms with E-state index in [1.807, 2.05) is 0 Å². The minimum Gasteiger partial charge on any atom is -0.389 e. The van der Waals surface area contributed by atoms with Gasteiger partial charge in [0.15, 0.2) is 0 Å². The molecule has 2 fully saturated rings. The highest BCUT2D eigenvalue weighted by Crippen LogP contribution is 2.42. The van der Waals surface area contributed by atoms with Crippen LogP contribution in [0.2, 0.25) is 0 Å². The second-order valence-corrected chi connectivity index (χ2v) is 4.30. The van der Waals surface area contributed by atoms with Crippen molar-refractivity contribution in [1.29, 1.82) is 0 Å². The van der Waals surface area contributed by atoms with E-state index in [1.54, 1.807) is 0 Å². The lowest BCUT2D eigenvalue weighted by molar-refractivity contribution is -0.136. The zero-order chi connectivity index (χ0) is 8.60. The summed E-state index contributed by atoms with van der Waals surface area (Å²) in [6, 6.07) is 0. The molecule has 0 aliphatic heterocycles. The second-order valence-electron chi connectivity index (χ2n) is 4.30. The molecule has 0 spiro atoms. The second kappa shape index (κ2) is 2.84. The zero-order valence-corrected chi connectivity index (χ0v) is 7.38. The molecule has 0 heterocycles. The molecule has 2 nitrogen and oxygen atoms in total. The van der Waals surface area contributed by atoms with E-state index in [0.717, 1.165) is 25.7 Å². The van der Waals surface area contributed by atoms with E-state index in [4.69, 9.17) is 0 Å². The molecule has 0 aromatic carbocycles. The van der Waals surface area contributed by atoms with E-state index >= 15 is 0 Å². The Balaban J connectivity index is 2.12. The number of fused-ring (bicyclic) bond motifs is 1. The number of carbonyl (C=O) groups is 1. The number of Topliss-reactive ketones (excluding diaryl/α,β-unsaturated/α-hetero) is 1. The molecular weight excluding hydrogens is 152 g/mol. The molecule has 0 unspecified atom stereocenters. The molecular formula is C10H16O2. The van der Waals surface area contributed by atoms with Crippen LogP contribution in [0.3, 0.4) is 0 Å². The molecule has 2 heteroatoms. The number of ketones is 1. The number of rotatable bonds is 0. The minimum atomic E-state index is -0.604. The zero-order valence-electron chi connectivity index (χ0n) is 7.38. The molecule has 0 bridgehead atoms. The van der Waals surface area contributed by atoms with Gasteiger partial charge in [0.1, 0.15) is 5.78 Å². The predicted octanol–water partition coefficient (Wildman–Crippen LogP) is 1.66. The first-order valence-electron chi connectivity index (χ1n) is 4.95. The molecule has 0 aromatic rings. The van der Waals surface area contributed by atoms with Crippen molar-refractivity contribution in [1.82, 2.24) is 0 Å². The first kappa shape index (κ1) is 8.24. The van der Waals surface area contributed by atoms with Crippen molar-refractivity contribution in [2.45, 2.75) is 50.5 Å². The first-order valence-corrected chi connectivity index (χ1v) is 4.95. The van der Waals surface area contributed by atoms with E-state index in [0.29, 0.717) is 18.8 Å². The molecule has 0 aromatic heterocycles. The SMILES string of the molecule is O=C1CC[C@@H]2CCCC[C@@]2(O)C1. The summed E-state index contributed by atoms with van der Waals surface area (Å²) in [5.74, 6) is 0.680. The maximum absolute atomic E-state index is 11.2. The van der Waals surface area contributed by atoms with Crippen LogP contribution in [0.15, 0.2) is 0 Å². The molecule has 0 amide bonds. The molecule has 1 N–H and O–H groups in total. The van der Waals surface area contributed by atoms with Gasteiger partial charge in [-0.2, -0.15) is 0 Å². The van der Waals surface area contributed by atoms with E-state index in [-0.39, 0.29) is 5.78 Å². The van der Waals surface area contributed by atoms with Crippen molar-refractivity contribution < 1.29 is 9.90 Å². The van der Waals surface area contributed by atoms with Gasteiger partial charge in [-0.25, -0.2) is 0 Å². The van der Waals surface area contributed by atoms with Crippen LogP contribution in [-0.2, 0) is 4.79 Å². The Hall–Kier alpha value is -0.370. The van der Waals surface area contributed by atoms with E-state index in [2.05, 4.69) is 0 Å². The van der Waals surface area contributed by atoms with Crippen LogP contribution in [0.25, 0.3) is 0 Å². The molecule has 2 atom stereocenters. The van der Waals surface area contributed by atoms with Crippen molar-refractivity contribution in [2.75, 3.05) is 0 Å². The van der Waals surface area contributed by atoms with E-state index in [9.17, 15) is 9.90 Å². The maximum Gasteiger partial charge on any atom is 0.135 e. The minimum absolute atomic E-state index is 0.260. The summed E-state index contributed by atoms with van der Waals surface area (Å²) in [7, 11) is 0. The van der Waals surface area contributed by atoms with Gasteiger partial charge in [-0.1, -0.05) is 12.8 Å². The average Bonchev–Trinajstić information content (AvgIpc) is 2.02. The fourth-order valence-electron chi connectivity index (χ4n) is 2.71. The van der Waals surface area contributed by atoms with Gasteiger partial charge in [0.25, 0.3) is 0 Å². The third kappa shape index (κ3) is 1.28. The van der Waals surface area contributed by atoms with Crippen molar-refractivity contribution in [3.63, 3.8) is 0 Å². The Labute approximate surface area is 73.0 Å². The van der Waals surface area contributed by atoms with Crippen molar-refractivity contribution in [2.24, 2.45) is 5.92 Å². The molecule has 2 rings (SSSR count). The van der Waals surface area contributed by atoms with Crippen LogP contribution in [0, 0.1) is 5.92 Å². The van der Waals surface area contributed by atoms with Crippen molar-refractivity contribution in [3.8, 4) is 0 Å². The largest absolute Gasteiger partial charge is 0.389 e. The summed E-state index contributed by atoms with van der Waals surface area (Å²) in [6.07, 6.45) is 6.37. The third-order valence-corrected chi connectivity index (χ3v) is 3.45. The molecule has 68 valence electrons. The fourth-order valence-corrected chi connectivity index (χ4v) is 2.71. The summed E-state index contributed by atoms with van der Waals surface area (Å²) in [5, 5.41) is 10.1. The van der Waals surface area contributed by atoms with Gasteiger partial charge in [-0.15, -0.1) is 0 Å². The molecule has 0 radical (unpaired) electrons. The Morgan fingerprint density at radius 3 is 3.00 bits per heavy atom. The summed E-state index contributed by atoms with van der Waals surface area (Å²) in [5.41, 5.74) is -0.604. The summed E-state index contributed by atoms with van der Waals surface area (Å²) in [4.78, 5) is 11.2. The van der Waals surface area contributed by atoms with Gasteiger partial charge >= 0.3 is 0 Å². The summed E-state index contributed by atoms with van der Waals surface area (Å²) in [6.45, 7) is 0. The topological polar surface area (TPSA) is 37.3 Å². The lowest BCUT2D eigenvalue weighted by Gasteiger charge is -2.42. The molecule has 2 aliphatic carbocycles. The van der Waals surface area contributed by atoms with Crippen LogP contribution in [0.4, 0.5) is 0 Å². The number of carbonyl (C=O) groups excluding carboxylic acids is 1. The summed E-state index contributed by atoms with van der Waals surface area (Å²) >= 11 is 0. The molecule has 2 aliphatic rings. The van der Waals surface area contributed by atoms with Gasteiger partial charge in [0.2, 0.25) is 0 Å². The van der Waals surface area contributed by atoms with Crippen molar-refractivity contribution >= 4 is 5.78 Å². The number of aliphatic hydroxyl groups is 1. The van der Waals surface area contributed by atoms with Gasteiger partial charge in [0, 0.05) is 12.8 Å². The Morgan fingerprint density at radius 1 is 1.33 bits per heavy atom. The van der Waals surface area contributed by atoms with Crippen LogP contribution < -0.4 is 0 Å². The van der Waals surface area contributed by atoms with Gasteiger partial charge in [-0.3, -0.25) is 4.79 Å². The smallest absolute Gasteiger partial charge is 0.135 e. The normalized spacial score (nSPS) is 42.4. The van der Waals surface area contributed by atoms with Crippen LogP contribution >= 0.6 is 0 Å². The third-order valence-electron chi connectivity index (χ3n) is 3.45. The maximum atomic E-state index is 11.2. The van der Waals surface area contributed by atoms with E-state index in [1.165, 1.54) is 6.42 Å². The predicted molar refractivity (Wildman–Crippen MR) is 45.8 cm³/mol. The average molecular weight is 168 g/mol. The monoisotopic (exact) mass is 168 g/mol. The first-order chi connectivity index (χ1) is 5.71. The van der Waals surface area contributed by atoms with Gasteiger partial charge < -0.3 is 5.11 Å².